The van der Waals surface area contributed by atoms with Gasteiger partial charge in [-0.2, -0.15) is 0 Å². The van der Waals surface area contributed by atoms with E-state index in [4.69, 9.17) is 0 Å². The lowest BCUT2D eigenvalue weighted by Gasteiger charge is -2.37. The molecule has 0 radical (unpaired) electrons. The molecule has 1 saturated heterocycles. The normalized spacial score (nSPS) is 20.4. The fourth-order valence-corrected chi connectivity index (χ4v) is 5.04. The van der Waals surface area contributed by atoms with Gasteiger partial charge in [0, 0.05) is 48.5 Å². The third-order valence-electron chi connectivity index (χ3n) is 6.56. The van der Waals surface area contributed by atoms with Crippen LogP contribution >= 0.6 is 0 Å². The van der Waals surface area contributed by atoms with Crippen LogP contribution in [0.15, 0.2) is 72.6 Å². The number of aromatic nitrogens is 3. The molecule has 5 heteroatoms. The van der Waals surface area contributed by atoms with Gasteiger partial charge in [0.1, 0.15) is 5.83 Å². The highest BCUT2D eigenvalue weighted by Gasteiger charge is 2.36. The van der Waals surface area contributed by atoms with Gasteiger partial charge in [-0.05, 0) is 56.0 Å². The summed E-state index contributed by atoms with van der Waals surface area (Å²) >= 11 is 0. The van der Waals surface area contributed by atoms with E-state index in [1.54, 1.807) is 12.2 Å². The van der Waals surface area contributed by atoms with E-state index >= 15 is 0 Å². The summed E-state index contributed by atoms with van der Waals surface area (Å²) in [7, 11) is 2.09. The predicted octanol–water partition coefficient (Wildman–Crippen LogP) is 5.66. The highest BCUT2D eigenvalue weighted by molar-refractivity contribution is 5.93. The second kappa shape index (κ2) is 7.63. The molecule has 2 aliphatic heterocycles. The Morgan fingerprint density at radius 2 is 2.03 bits per heavy atom. The first kappa shape index (κ1) is 18.9. The molecule has 0 N–H and O–H groups in total. The lowest BCUT2D eigenvalue weighted by molar-refractivity contribution is 0.308. The Kier molecular flexibility index (Phi) is 4.81. The molecule has 1 aromatic carbocycles. The number of nitrogens with zero attached hydrogens (tertiary/aromatic N) is 4. The van der Waals surface area contributed by atoms with Crippen LogP contribution in [-0.2, 0) is 7.05 Å². The number of piperidine rings is 1. The average Bonchev–Trinajstić information content (AvgIpc) is 3.47. The summed E-state index contributed by atoms with van der Waals surface area (Å²) in [6.07, 6.45) is 15.0. The number of aryl methyl sites for hydroxylation is 1. The van der Waals surface area contributed by atoms with E-state index in [1.807, 2.05) is 31.6 Å². The number of hydrogen-bond acceptors (Lipinski definition) is 2. The van der Waals surface area contributed by atoms with Crippen LogP contribution in [0.25, 0.3) is 17.0 Å². The summed E-state index contributed by atoms with van der Waals surface area (Å²) in [5.74, 6) is 0.251. The van der Waals surface area contributed by atoms with Gasteiger partial charge < -0.3 is 14.0 Å². The quantitative estimate of drug-likeness (QED) is 0.527. The molecule has 0 saturated carbocycles. The van der Waals surface area contributed by atoms with Crippen molar-refractivity contribution >= 4 is 22.7 Å². The van der Waals surface area contributed by atoms with Crippen LogP contribution in [0.5, 0.6) is 0 Å². The van der Waals surface area contributed by atoms with Crippen molar-refractivity contribution in [1.29, 1.82) is 0 Å². The second-order valence-corrected chi connectivity index (χ2v) is 8.27. The largest absolute Gasteiger partial charge is 0.371 e. The van der Waals surface area contributed by atoms with Gasteiger partial charge in [-0.3, -0.25) is 0 Å². The summed E-state index contributed by atoms with van der Waals surface area (Å²) in [5, 5.41) is 1.30. The van der Waals surface area contributed by atoms with Gasteiger partial charge in [-0.1, -0.05) is 18.2 Å². The number of rotatable bonds is 4. The Morgan fingerprint density at radius 3 is 2.83 bits per heavy atom. The summed E-state index contributed by atoms with van der Waals surface area (Å²) in [4.78, 5) is 6.78. The number of hydrogen-bond donors (Lipinski definition) is 0. The molecule has 2 aliphatic rings. The number of anilines is 1. The van der Waals surface area contributed by atoms with E-state index in [0.717, 1.165) is 37.2 Å². The molecule has 0 aliphatic carbocycles. The van der Waals surface area contributed by atoms with Crippen molar-refractivity contribution in [2.75, 3.05) is 18.0 Å². The van der Waals surface area contributed by atoms with Crippen molar-refractivity contribution in [3.8, 4) is 0 Å². The number of benzene rings is 1. The standard InChI is InChI=1S/C25H27FN4/c1-3-4-6-22(26)21-15-19-16-27-17-30(19)25(21)18-9-13-29(14-10-18)24-8-5-7-23-20(24)11-12-28(23)2/h3-8,11-12,15-18,25H,9-10,13-14H2,1-2H3/b4-3-,22-6+. The molecule has 154 valence electrons. The maximum atomic E-state index is 15.0. The van der Waals surface area contributed by atoms with Crippen molar-refractivity contribution in [3.63, 3.8) is 0 Å². The zero-order chi connectivity index (χ0) is 20.7. The summed E-state index contributed by atoms with van der Waals surface area (Å²) in [5.41, 5.74) is 4.34. The number of imidazole rings is 1. The topological polar surface area (TPSA) is 26.0 Å². The SMILES string of the molecule is C/C=C\C=C(\F)C1=Cc2cncn2C1C1CCN(c2cccc3c2ccn3C)CC1. The molecule has 5 rings (SSSR count). The smallest absolute Gasteiger partial charge is 0.128 e. The van der Waals surface area contributed by atoms with E-state index in [-0.39, 0.29) is 11.9 Å². The van der Waals surface area contributed by atoms with Gasteiger partial charge in [0.2, 0.25) is 0 Å². The fraction of sp³-hybridized carbons (Fsp3) is 0.320. The van der Waals surface area contributed by atoms with Crippen molar-refractivity contribution in [2.45, 2.75) is 25.8 Å². The first-order valence-electron chi connectivity index (χ1n) is 10.7. The number of fused-ring (bicyclic) bond motifs is 2. The van der Waals surface area contributed by atoms with Gasteiger partial charge in [-0.15, -0.1) is 0 Å². The second-order valence-electron chi connectivity index (χ2n) is 8.27. The molecule has 2 aromatic heterocycles. The molecule has 1 atom stereocenters. The molecule has 1 fully saturated rings. The van der Waals surface area contributed by atoms with E-state index in [2.05, 4.69) is 56.5 Å². The van der Waals surface area contributed by atoms with Crippen LogP contribution in [0.2, 0.25) is 0 Å². The maximum Gasteiger partial charge on any atom is 0.128 e. The minimum Gasteiger partial charge on any atom is -0.371 e. The molecule has 1 unspecified atom stereocenters. The van der Waals surface area contributed by atoms with Crippen LogP contribution < -0.4 is 4.90 Å². The Hall–Kier alpha value is -3.08. The molecule has 0 amide bonds. The van der Waals surface area contributed by atoms with Crippen molar-refractivity contribution < 1.29 is 4.39 Å². The average molecular weight is 403 g/mol. The minimum absolute atomic E-state index is 0.0265. The van der Waals surface area contributed by atoms with Crippen LogP contribution in [-0.4, -0.2) is 27.2 Å². The van der Waals surface area contributed by atoms with Gasteiger partial charge in [0.25, 0.3) is 0 Å². The molecule has 3 aromatic rings. The third-order valence-corrected chi connectivity index (χ3v) is 6.56. The van der Waals surface area contributed by atoms with Crippen LogP contribution in [0, 0.1) is 5.92 Å². The van der Waals surface area contributed by atoms with Crippen molar-refractivity contribution in [2.24, 2.45) is 13.0 Å². The van der Waals surface area contributed by atoms with E-state index in [9.17, 15) is 4.39 Å². The molecule has 4 nitrogen and oxygen atoms in total. The summed E-state index contributed by atoms with van der Waals surface area (Å²) in [6.45, 7) is 3.86. The van der Waals surface area contributed by atoms with E-state index in [1.165, 1.54) is 16.6 Å². The van der Waals surface area contributed by atoms with Gasteiger partial charge in [-0.25, -0.2) is 9.37 Å². The van der Waals surface area contributed by atoms with Crippen LogP contribution in [0.3, 0.4) is 0 Å². The van der Waals surface area contributed by atoms with E-state index < -0.39 is 0 Å². The Morgan fingerprint density at radius 1 is 1.20 bits per heavy atom. The highest BCUT2D eigenvalue weighted by Crippen LogP contribution is 2.44. The molecule has 4 heterocycles. The van der Waals surface area contributed by atoms with Crippen molar-refractivity contribution in [3.05, 3.63) is 78.3 Å². The molecule has 30 heavy (non-hydrogen) atoms. The third kappa shape index (κ3) is 3.09. The van der Waals surface area contributed by atoms with E-state index in [0.29, 0.717) is 5.92 Å². The number of allylic oxidation sites excluding steroid dienone is 5. The van der Waals surface area contributed by atoms with Crippen molar-refractivity contribution in [1.82, 2.24) is 14.1 Å². The first-order chi connectivity index (χ1) is 14.7. The lowest BCUT2D eigenvalue weighted by atomic mass is 9.85. The maximum absolute atomic E-state index is 15.0. The Balaban J connectivity index is 1.38. The Labute approximate surface area is 176 Å². The molecular weight excluding hydrogens is 375 g/mol. The Bertz CT molecular complexity index is 1150. The molecule has 0 spiro atoms. The molecular formula is C25H27FN4. The van der Waals surface area contributed by atoms with Gasteiger partial charge in [0.05, 0.1) is 24.3 Å². The number of halogens is 1. The van der Waals surface area contributed by atoms with Crippen LogP contribution in [0.4, 0.5) is 10.1 Å². The minimum atomic E-state index is -0.140. The predicted molar refractivity (Wildman–Crippen MR) is 121 cm³/mol. The summed E-state index contributed by atoms with van der Waals surface area (Å²) < 4.78 is 19.3. The van der Waals surface area contributed by atoms with Gasteiger partial charge >= 0.3 is 0 Å². The summed E-state index contributed by atoms with van der Waals surface area (Å²) in [6, 6.07) is 8.76. The highest BCUT2D eigenvalue weighted by atomic mass is 19.1. The molecule has 0 bridgehead atoms. The monoisotopic (exact) mass is 402 g/mol. The van der Waals surface area contributed by atoms with Crippen LogP contribution in [0.1, 0.15) is 31.5 Å². The first-order valence-corrected chi connectivity index (χ1v) is 10.7. The fourth-order valence-electron chi connectivity index (χ4n) is 5.04. The lowest BCUT2D eigenvalue weighted by Crippen LogP contribution is -2.36. The zero-order valence-electron chi connectivity index (χ0n) is 17.5. The zero-order valence-corrected chi connectivity index (χ0v) is 17.5. The van der Waals surface area contributed by atoms with Gasteiger partial charge in [0.15, 0.2) is 0 Å².